The molecular weight excluding hydrogens is 156 g/mol. The van der Waals surface area contributed by atoms with Crippen LogP contribution in [-0.4, -0.2) is 15.0 Å². The number of aromatic amines is 1. The van der Waals surface area contributed by atoms with Crippen molar-refractivity contribution in [3.05, 3.63) is 12.5 Å². The Morgan fingerprint density at radius 1 is 1.42 bits per heavy atom. The zero-order valence-corrected chi connectivity index (χ0v) is 6.20. The highest BCUT2D eigenvalue weighted by Crippen LogP contribution is 2.21. The number of nitrogens with zero attached hydrogens (tertiary/aromatic N) is 2. The predicted octanol–water partition coefficient (Wildman–Crippen LogP) is -0.174. The van der Waals surface area contributed by atoms with E-state index in [1.165, 1.54) is 6.33 Å². The molecule has 0 unspecified atom stereocenters. The molecule has 2 aromatic rings. The molecule has 6 nitrogen and oxygen atoms in total. The standard InChI is InChI=1S/C6H8N6/c7-6-5-4(10-2-11-6)3(12-8)1-9-5/h1-2,9,12H,8H2,(H2,7,10,11). The topological polar surface area (TPSA) is 106 Å². The highest BCUT2D eigenvalue weighted by atomic mass is 15.2. The minimum Gasteiger partial charge on any atom is -0.382 e. The summed E-state index contributed by atoms with van der Waals surface area (Å²) >= 11 is 0. The maximum Gasteiger partial charge on any atom is 0.151 e. The van der Waals surface area contributed by atoms with Gasteiger partial charge in [0.05, 0.1) is 5.69 Å². The molecule has 2 aromatic heterocycles. The van der Waals surface area contributed by atoms with E-state index in [2.05, 4.69) is 20.4 Å². The van der Waals surface area contributed by atoms with Crippen molar-refractivity contribution in [3.8, 4) is 0 Å². The van der Waals surface area contributed by atoms with E-state index in [0.29, 0.717) is 22.5 Å². The summed E-state index contributed by atoms with van der Waals surface area (Å²) in [6, 6.07) is 0. The van der Waals surface area contributed by atoms with Gasteiger partial charge in [-0.3, -0.25) is 5.84 Å². The van der Waals surface area contributed by atoms with Crippen LogP contribution in [0.15, 0.2) is 12.5 Å². The minimum atomic E-state index is 0.418. The zero-order valence-electron chi connectivity index (χ0n) is 6.20. The summed E-state index contributed by atoms with van der Waals surface area (Å²) in [5, 5.41) is 0. The average molecular weight is 164 g/mol. The van der Waals surface area contributed by atoms with Crippen LogP contribution in [0.1, 0.15) is 0 Å². The largest absolute Gasteiger partial charge is 0.382 e. The lowest BCUT2D eigenvalue weighted by molar-refractivity contribution is 1.22. The molecule has 0 atom stereocenters. The number of nitrogens with two attached hydrogens (primary N) is 2. The van der Waals surface area contributed by atoms with Gasteiger partial charge in [-0.25, -0.2) is 9.97 Å². The SMILES string of the molecule is NNc1c[nH]c2c(N)ncnc12. The van der Waals surface area contributed by atoms with Crippen molar-refractivity contribution >= 4 is 22.5 Å². The van der Waals surface area contributed by atoms with Crippen LogP contribution < -0.4 is 17.0 Å². The molecule has 2 rings (SSSR count). The number of nitrogen functional groups attached to an aromatic ring is 2. The molecule has 0 aliphatic rings. The smallest absolute Gasteiger partial charge is 0.151 e. The zero-order chi connectivity index (χ0) is 8.55. The third-order valence-corrected chi connectivity index (χ3v) is 1.65. The summed E-state index contributed by atoms with van der Waals surface area (Å²) in [5.41, 5.74) is 10.2. The fourth-order valence-electron chi connectivity index (χ4n) is 1.07. The second-order valence-electron chi connectivity index (χ2n) is 2.33. The summed E-state index contributed by atoms with van der Waals surface area (Å²) in [6.07, 6.45) is 3.09. The van der Waals surface area contributed by atoms with Gasteiger partial charge in [-0.05, 0) is 0 Å². The van der Waals surface area contributed by atoms with Gasteiger partial charge in [0.2, 0.25) is 0 Å². The molecule has 0 spiro atoms. The lowest BCUT2D eigenvalue weighted by Gasteiger charge is -1.95. The van der Waals surface area contributed by atoms with Gasteiger partial charge < -0.3 is 16.1 Å². The Bertz CT molecular complexity index is 405. The van der Waals surface area contributed by atoms with Gasteiger partial charge in [0.1, 0.15) is 17.4 Å². The molecule has 0 saturated heterocycles. The first kappa shape index (κ1) is 6.86. The molecular formula is C6H8N6. The van der Waals surface area contributed by atoms with Crippen molar-refractivity contribution in [2.45, 2.75) is 0 Å². The average Bonchev–Trinajstić information content (AvgIpc) is 2.49. The Labute approximate surface area is 68.0 Å². The molecule has 0 aromatic carbocycles. The van der Waals surface area contributed by atoms with Gasteiger partial charge in [0.15, 0.2) is 5.82 Å². The summed E-state index contributed by atoms with van der Waals surface area (Å²) in [4.78, 5) is 10.7. The maximum atomic E-state index is 5.57. The normalized spacial score (nSPS) is 10.4. The highest BCUT2D eigenvalue weighted by molar-refractivity contribution is 5.93. The second kappa shape index (κ2) is 2.35. The number of nitrogens with one attached hydrogen (secondary N) is 2. The van der Waals surface area contributed by atoms with E-state index in [-0.39, 0.29) is 0 Å². The van der Waals surface area contributed by atoms with Crippen LogP contribution in [-0.2, 0) is 0 Å². The van der Waals surface area contributed by atoms with Crippen LogP contribution in [0.4, 0.5) is 11.5 Å². The van der Waals surface area contributed by atoms with E-state index in [4.69, 9.17) is 11.6 Å². The van der Waals surface area contributed by atoms with Gasteiger partial charge in [-0.2, -0.15) is 0 Å². The van der Waals surface area contributed by atoms with Crippen LogP contribution in [0.2, 0.25) is 0 Å². The van der Waals surface area contributed by atoms with Gasteiger partial charge in [0, 0.05) is 6.20 Å². The van der Waals surface area contributed by atoms with Crippen LogP contribution in [0, 0.1) is 0 Å². The number of fused-ring (bicyclic) bond motifs is 1. The summed E-state index contributed by atoms with van der Waals surface area (Å²) < 4.78 is 0. The molecule has 0 aliphatic carbocycles. The number of hydrazine groups is 1. The minimum absolute atomic E-state index is 0.418. The second-order valence-corrected chi connectivity index (χ2v) is 2.33. The molecule has 12 heavy (non-hydrogen) atoms. The Hall–Kier alpha value is -1.82. The molecule has 0 fully saturated rings. The lowest BCUT2D eigenvalue weighted by Crippen LogP contribution is -2.06. The first-order valence-electron chi connectivity index (χ1n) is 3.37. The van der Waals surface area contributed by atoms with Crippen molar-refractivity contribution in [1.82, 2.24) is 15.0 Å². The van der Waals surface area contributed by atoms with E-state index in [9.17, 15) is 0 Å². The van der Waals surface area contributed by atoms with Gasteiger partial charge in [-0.1, -0.05) is 0 Å². The number of rotatable bonds is 1. The molecule has 6 heteroatoms. The molecule has 0 bridgehead atoms. The van der Waals surface area contributed by atoms with E-state index in [1.54, 1.807) is 6.20 Å². The number of anilines is 2. The van der Waals surface area contributed by atoms with E-state index < -0.39 is 0 Å². The fraction of sp³-hybridized carbons (Fsp3) is 0. The molecule has 0 saturated carbocycles. The molecule has 0 aliphatic heterocycles. The third kappa shape index (κ3) is 0.785. The highest BCUT2D eigenvalue weighted by Gasteiger charge is 2.05. The lowest BCUT2D eigenvalue weighted by atomic mass is 10.4. The Morgan fingerprint density at radius 3 is 3.00 bits per heavy atom. The van der Waals surface area contributed by atoms with Crippen molar-refractivity contribution in [1.29, 1.82) is 0 Å². The van der Waals surface area contributed by atoms with Crippen molar-refractivity contribution in [3.63, 3.8) is 0 Å². The summed E-state index contributed by atoms with van der Waals surface area (Å²) in [6.45, 7) is 0. The van der Waals surface area contributed by atoms with E-state index in [1.807, 2.05) is 0 Å². The van der Waals surface area contributed by atoms with Gasteiger partial charge in [-0.15, -0.1) is 0 Å². The van der Waals surface area contributed by atoms with E-state index >= 15 is 0 Å². The van der Waals surface area contributed by atoms with Crippen LogP contribution in [0.5, 0.6) is 0 Å². The van der Waals surface area contributed by atoms with Crippen LogP contribution in [0.3, 0.4) is 0 Å². The van der Waals surface area contributed by atoms with Crippen molar-refractivity contribution in [2.24, 2.45) is 5.84 Å². The Kier molecular flexibility index (Phi) is 1.34. The Morgan fingerprint density at radius 2 is 2.25 bits per heavy atom. The van der Waals surface area contributed by atoms with Crippen molar-refractivity contribution in [2.75, 3.05) is 11.2 Å². The molecule has 6 N–H and O–H groups in total. The number of aromatic nitrogens is 3. The first-order valence-corrected chi connectivity index (χ1v) is 3.37. The number of hydrogen-bond acceptors (Lipinski definition) is 5. The number of H-pyrrole nitrogens is 1. The molecule has 62 valence electrons. The maximum absolute atomic E-state index is 5.57. The summed E-state index contributed by atoms with van der Waals surface area (Å²) in [5.74, 6) is 5.66. The Balaban J connectivity index is 2.80. The van der Waals surface area contributed by atoms with Crippen molar-refractivity contribution < 1.29 is 0 Å². The predicted molar refractivity (Wildman–Crippen MR) is 46.1 cm³/mol. The monoisotopic (exact) mass is 164 g/mol. The fourth-order valence-corrected chi connectivity index (χ4v) is 1.07. The molecule has 2 heterocycles. The van der Waals surface area contributed by atoms with Gasteiger partial charge >= 0.3 is 0 Å². The first-order chi connectivity index (χ1) is 5.83. The number of hydrogen-bond donors (Lipinski definition) is 4. The quantitative estimate of drug-likeness (QED) is 0.346. The molecule has 0 radical (unpaired) electrons. The van der Waals surface area contributed by atoms with Crippen LogP contribution in [0.25, 0.3) is 11.0 Å². The van der Waals surface area contributed by atoms with Gasteiger partial charge in [0.25, 0.3) is 0 Å². The van der Waals surface area contributed by atoms with Crippen LogP contribution >= 0.6 is 0 Å². The third-order valence-electron chi connectivity index (χ3n) is 1.65. The molecule has 0 amide bonds. The van der Waals surface area contributed by atoms with E-state index in [0.717, 1.165) is 0 Å². The summed E-state index contributed by atoms with van der Waals surface area (Å²) in [7, 11) is 0.